The van der Waals surface area contributed by atoms with E-state index in [1.165, 1.54) is 0 Å². The molecule has 0 fully saturated rings. The lowest BCUT2D eigenvalue weighted by Gasteiger charge is -2.16. The van der Waals surface area contributed by atoms with E-state index in [-0.39, 0.29) is 12.1 Å². The van der Waals surface area contributed by atoms with Gasteiger partial charge in [-0.2, -0.15) is 0 Å². The molecule has 5 nitrogen and oxygen atoms in total. The summed E-state index contributed by atoms with van der Waals surface area (Å²) in [5, 5.41) is 0. The Hall–Kier alpha value is -1.46. The number of aromatic nitrogens is 3. The maximum atomic E-state index is 6.07. The average Bonchev–Trinajstić information content (AvgIpc) is 2.68. The van der Waals surface area contributed by atoms with Crippen LogP contribution in [0.15, 0.2) is 18.3 Å². The second-order valence-electron chi connectivity index (χ2n) is 4.34. The van der Waals surface area contributed by atoms with Crippen LogP contribution in [-0.2, 0) is 4.74 Å². The number of rotatable bonds is 4. The van der Waals surface area contributed by atoms with Gasteiger partial charge in [0.1, 0.15) is 11.3 Å². The van der Waals surface area contributed by atoms with Crippen LogP contribution in [0.4, 0.5) is 0 Å². The summed E-state index contributed by atoms with van der Waals surface area (Å²) in [5.41, 5.74) is 7.83. The van der Waals surface area contributed by atoms with Crippen LogP contribution in [0.25, 0.3) is 11.2 Å². The van der Waals surface area contributed by atoms with Crippen LogP contribution >= 0.6 is 0 Å². The highest BCUT2D eigenvalue weighted by Gasteiger charge is 2.19. The quantitative estimate of drug-likeness (QED) is 0.873. The van der Waals surface area contributed by atoms with E-state index in [2.05, 4.69) is 28.4 Å². The van der Waals surface area contributed by atoms with Crippen LogP contribution in [0.1, 0.15) is 31.8 Å². The van der Waals surface area contributed by atoms with Gasteiger partial charge in [-0.1, -0.05) is 0 Å². The molecule has 2 N–H and O–H groups in total. The summed E-state index contributed by atoms with van der Waals surface area (Å²) in [7, 11) is 1.64. The van der Waals surface area contributed by atoms with Crippen molar-refractivity contribution in [1.82, 2.24) is 14.5 Å². The third kappa shape index (κ3) is 2.16. The van der Waals surface area contributed by atoms with E-state index in [1.54, 1.807) is 13.3 Å². The topological polar surface area (TPSA) is 66.0 Å². The Morgan fingerprint density at radius 3 is 2.88 bits per heavy atom. The van der Waals surface area contributed by atoms with Crippen molar-refractivity contribution in [2.24, 2.45) is 5.73 Å². The van der Waals surface area contributed by atoms with Gasteiger partial charge in [-0.25, -0.2) is 9.97 Å². The number of imidazole rings is 1. The number of methoxy groups -OCH3 is 1. The van der Waals surface area contributed by atoms with E-state index >= 15 is 0 Å². The van der Waals surface area contributed by atoms with Gasteiger partial charge in [0, 0.05) is 19.3 Å². The third-order valence-electron chi connectivity index (χ3n) is 2.67. The Balaban J connectivity index is 2.57. The van der Waals surface area contributed by atoms with Crippen LogP contribution in [0.3, 0.4) is 0 Å². The Morgan fingerprint density at radius 2 is 2.24 bits per heavy atom. The summed E-state index contributed by atoms with van der Waals surface area (Å²) >= 11 is 0. The molecule has 2 rings (SSSR count). The van der Waals surface area contributed by atoms with Gasteiger partial charge in [-0.05, 0) is 26.0 Å². The molecule has 0 radical (unpaired) electrons. The molecule has 5 heteroatoms. The highest BCUT2D eigenvalue weighted by Crippen LogP contribution is 2.22. The first kappa shape index (κ1) is 12.0. The van der Waals surface area contributed by atoms with Crippen LogP contribution in [0, 0.1) is 0 Å². The van der Waals surface area contributed by atoms with Gasteiger partial charge in [0.05, 0.1) is 12.6 Å². The summed E-state index contributed by atoms with van der Waals surface area (Å²) in [4.78, 5) is 8.92. The van der Waals surface area contributed by atoms with Crippen LogP contribution < -0.4 is 5.73 Å². The number of pyridine rings is 1. The molecule has 2 aromatic rings. The summed E-state index contributed by atoms with van der Waals surface area (Å²) in [5.74, 6) is 0.829. The predicted octanol–water partition coefficient (Wildman–Crippen LogP) is 1.66. The summed E-state index contributed by atoms with van der Waals surface area (Å²) < 4.78 is 7.16. The molecule has 2 aromatic heterocycles. The van der Waals surface area contributed by atoms with Gasteiger partial charge in [0.25, 0.3) is 0 Å². The lowest BCUT2D eigenvalue weighted by atomic mass is 10.3. The summed E-state index contributed by atoms with van der Waals surface area (Å²) in [6.45, 7) is 4.65. The van der Waals surface area contributed by atoms with Crippen molar-refractivity contribution in [3.63, 3.8) is 0 Å². The second kappa shape index (κ2) is 4.81. The third-order valence-corrected chi connectivity index (χ3v) is 2.67. The number of fused-ring (bicyclic) bond motifs is 1. The zero-order chi connectivity index (χ0) is 12.4. The second-order valence-corrected chi connectivity index (χ2v) is 4.34. The van der Waals surface area contributed by atoms with Crippen LogP contribution in [0.2, 0.25) is 0 Å². The van der Waals surface area contributed by atoms with E-state index in [0.29, 0.717) is 6.61 Å². The molecule has 0 spiro atoms. The first-order valence-electron chi connectivity index (χ1n) is 5.72. The molecule has 17 heavy (non-hydrogen) atoms. The van der Waals surface area contributed by atoms with E-state index in [0.717, 1.165) is 17.0 Å². The number of nitrogens with two attached hydrogens (primary N) is 1. The lowest BCUT2D eigenvalue weighted by Crippen LogP contribution is -2.22. The fourth-order valence-electron chi connectivity index (χ4n) is 1.97. The van der Waals surface area contributed by atoms with Crippen molar-refractivity contribution in [2.45, 2.75) is 25.9 Å². The highest BCUT2D eigenvalue weighted by molar-refractivity contribution is 5.71. The zero-order valence-corrected chi connectivity index (χ0v) is 10.4. The van der Waals surface area contributed by atoms with Gasteiger partial charge in [0.2, 0.25) is 0 Å². The van der Waals surface area contributed by atoms with Gasteiger partial charge in [-0.15, -0.1) is 0 Å². The average molecular weight is 234 g/mol. The van der Waals surface area contributed by atoms with Crippen LogP contribution in [0.5, 0.6) is 0 Å². The van der Waals surface area contributed by atoms with Crippen molar-refractivity contribution >= 4 is 11.2 Å². The minimum Gasteiger partial charge on any atom is -0.383 e. The molecular formula is C12H18N4O. The molecule has 1 unspecified atom stereocenters. The lowest BCUT2D eigenvalue weighted by molar-refractivity contribution is 0.176. The molecule has 0 saturated carbocycles. The Morgan fingerprint density at radius 1 is 1.47 bits per heavy atom. The number of hydrogen-bond donors (Lipinski definition) is 1. The van der Waals surface area contributed by atoms with Crippen molar-refractivity contribution in [1.29, 1.82) is 0 Å². The van der Waals surface area contributed by atoms with Crippen molar-refractivity contribution in [3.05, 3.63) is 24.2 Å². The monoisotopic (exact) mass is 234 g/mol. The molecule has 0 aromatic carbocycles. The molecular weight excluding hydrogens is 216 g/mol. The molecule has 0 aliphatic carbocycles. The summed E-state index contributed by atoms with van der Waals surface area (Å²) in [6.07, 6.45) is 1.77. The summed E-state index contributed by atoms with van der Waals surface area (Å²) in [6, 6.07) is 3.87. The van der Waals surface area contributed by atoms with Crippen molar-refractivity contribution < 1.29 is 4.74 Å². The molecule has 0 bridgehead atoms. The number of ether oxygens (including phenoxy) is 1. The smallest absolute Gasteiger partial charge is 0.160 e. The highest BCUT2D eigenvalue weighted by atomic mass is 16.5. The van der Waals surface area contributed by atoms with E-state index in [9.17, 15) is 0 Å². The van der Waals surface area contributed by atoms with Gasteiger partial charge in [0.15, 0.2) is 5.65 Å². The molecule has 2 heterocycles. The molecule has 0 saturated heterocycles. The normalized spacial score (nSPS) is 13.5. The molecule has 1 atom stereocenters. The first-order valence-corrected chi connectivity index (χ1v) is 5.72. The SMILES string of the molecule is COCC(N)c1nc2cccnc2n1C(C)C. The van der Waals surface area contributed by atoms with Crippen molar-refractivity contribution in [2.75, 3.05) is 13.7 Å². The minimum absolute atomic E-state index is 0.225. The zero-order valence-electron chi connectivity index (χ0n) is 10.4. The van der Waals surface area contributed by atoms with Crippen LogP contribution in [-0.4, -0.2) is 28.3 Å². The van der Waals surface area contributed by atoms with Gasteiger partial charge >= 0.3 is 0 Å². The Kier molecular flexibility index (Phi) is 3.40. The van der Waals surface area contributed by atoms with E-state index in [1.807, 2.05) is 12.1 Å². The van der Waals surface area contributed by atoms with Gasteiger partial charge in [-0.3, -0.25) is 0 Å². The number of hydrogen-bond acceptors (Lipinski definition) is 4. The first-order chi connectivity index (χ1) is 8.15. The molecule has 0 aliphatic rings. The molecule has 0 amide bonds. The maximum Gasteiger partial charge on any atom is 0.160 e. The minimum atomic E-state index is -0.225. The molecule has 92 valence electrons. The fourth-order valence-corrected chi connectivity index (χ4v) is 1.97. The predicted molar refractivity (Wildman–Crippen MR) is 66.7 cm³/mol. The number of nitrogens with zero attached hydrogens (tertiary/aromatic N) is 3. The standard InChI is InChI=1S/C12H18N4O/c1-8(2)16-11(9(13)7-17-3)15-10-5-4-6-14-12(10)16/h4-6,8-9H,7,13H2,1-3H3. The molecule has 0 aliphatic heterocycles. The Labute approximate surface area is 101 Å². The maximum absolute atomic E-state index is 6.07. The largest absolute Gasteiger partial charge is 0.383 e. The Bertz CT molecular complexity index is 506. The van der Waals surface area contributed by atoms with Crippen molar-refractivity contribution in [3.8, 4) is 0 Å². The van der Waals surface area contributed by atoms with E-state index < -0.39 is 0 Å². The fraction of sp³-hybridized carbons (Fsp3) is 0.500. The van der Waals surface area contributed by atoms with E-state index in [4.69, 9.17) is 10.5 Å². The van der Waals surface area contributed by atoms with Gasteiger partial charge < -0.3 is 15.0 Å².